The van der Waals surface area contributed by atoms with E-state index in [-0.39, 0.29) is 15.9 Å². The SMILES string of the molecule is CC(C)(C)c1ccc(/C=N/NS(=O)(=O)c2ccc3[nH]c(=O)oc3c2)cc1. The van der Waals surface area contributed by atoms with E-state index in [1.165, 1.54) is 30.0 Å². The van der Waals surface area contributed by atoms with Crippen LogP contribution in [-0.2, 0) is 15.4 Å². The molecule has 0 saturated heterocycles. The predicted molar refractivity (Wildman–Crippen MR) is 99.9 cm³/mol. The summed E-state index contributed by atoms with van der Waals surface area (Å²) in [4.78, 5) is 15.7. The van der Waals surface area contributed by atoms with Gasteiger partial charge in [0.05, 0.1) is 16.6 Å². The molecule has 1 heterocycles. The lowest BCUT2D eigenvalue weighted by Crippen LogP contribution is -2.18. The van der Waals surface area contributed by atoms with Crippen LogP contribution in [0.2, 0.25) is 0 Å². The van der Waals surface area contributed by atoms with Crippen molar-refractivity contribution in [1.29, 1.82) is 0 Å². The molecule has 0 unspecified atom stereocenters. The number of hydrazone groups is 1. The van der Waals surface area contributed by atoms with E-state index >= 15 is 0 Å². The van der Waals surface area contributed by atoms with Crippen LogP contribution in [0, 0.1) is 0 Å². The number of hydrogen-bond donors (Lipinski definition) is 2. The van der Waals surface area contributed by atoms with Crippen LogP contribution in [-0.4, -0.2) is 19.6 Å². The van der Waals surface area contributed by atoms with Gasteiger partial charge in [-0.25, -0.2) is 9.63 Å². The Bertz CT molecular complexity index is 1120. The van der Waals surface area contributed by atoms with Gasteiger partial charge in [-0.05, 0) is 28.7 Å². The molecule has 2 N–H and O–H groups in total. The Hall–Kier alpha value is -2.87. The molecule has 0 aliphatic heterocycles. The third kappa shape index (κ3) is 3.85. The van der Waals surface area contributed by atoms with Crippen molar-refractivity contribution in [3.8, 4) is 0 Å². The molecule has 8 heteroatoms. The van der Waals surface area contributed by atoms with Crippen molar-refractivity contribution in [3.63, 3.8) is 0 Å². The smallest absolute Gasteiger partial charge is 0.408 e. The summed E-state index contributed by atoms with van der Waals surface area (Å²) in [5, 5.41) is 3.80. The Labute approximate surface area is 150 Å². The molecule has 0 fully saturated rings. The predicted octanol–water partition coefficient (Wildman–Crippen LogP) is 2.73. The summed E-state index contributed by atoms with van der Waals surface area (Å²) in [7, 11) is -3.87. The third-order valence-corrected chi connectivity index (χ3v) is 5.09. The molecule has 0 aliphatic rings. The third-order valence-electron chi connectivity index (χ3n) is 3.87. The second-order valence-electron chi connectivity index (χ2n) is 6.90. The number of oxazole rings is 1. The average Bonchev–Trinajstić information content (AvgIpc) is 2.93. The number of benzene rings is 2. The number of nitrogens with one attached hydrogen (secondary N) is 2. The molecule has 2 aromatic carbocycles. The number of aromatic amines is 1. The molecular formula is C18H19N3O4S. The zero-order valence-electron chi connectivity index (χ0n) is 14.6. The number of nitrogens with zero attached hydrogens (tertiary/aromatic N) is 1. The maximum absolute atomic E-state index is 12.3. The molecule has 7 nitrogen and oxygen atoms in total. The fourth-order valence-corrected chi connectivity index (χ4v) is 3.19. The first-order valence-electron chi connectivity index (χ1n) is 7.93. The van der Waals surface area contributed by atoms with Gasteiger partial charge in [-0.3, -0.25) is 4.98 Å². The summed E-state index contributed by atoms with van der Waals surface area (Å²) < 4.78 is 29.5. The van der Waals surface area contributed by atoms with E-state index in [0.717, 1.165) is 5.56 Å². The molecule has 3 aromatic rings. The van der Waals surface area contributed by atoms with Crippen LogP contribution in [0.3, 0.4) is 0 Å². The summed E-state index contributed by atoms with van der Waals surface area (Å²) in [6.45, 7) is 6.36. The molecule has 26 heavy (non-hydrogen) atoms. The molecule has 0 saturated carbocycles. The first-order valence-corrected chi connectivity index (χ1v) is 9.42. The van der Waals surface area contributed by atoms with E-state index in [0.29, 0.717) is 5.52 Å². The van der Waals surface area contributed by atoms with E-state index < -0.39 is 15.8 Å². The Balaban J connectivity index is 1.76. The molecule has 0 radical (unpaired) electrons. The standard InChI is InChI=1S/C18H19N3O4S/c1-18(2,3)13-6-4-12(5-7-13)11-19-21-26(23,24)14-8-9-15-16(10-14)25-17(22)20-15/h4-11,21H,1-3H3,(H,20,22)/b19-11+. The van der Waals surface area contributed by atoms with Crippen molar-refractivity contribution < 1.29 is 12.8 Å². The van der Waals surface area contributed by atoms with Gasteiger partial charge in [0.1, 0.15) is 0 Å². The number of sulfonamides is 1. The van der Waals surface area contributed by atoms with Gasteiger partial charge < -0.3 is 4.42 Å². The summed E-state index contributed by atoms with van der Waals surface area (Å²) in [5.41, 5.74) is 2.59. The molecule has 136 valence electrons. The van der Waals surface area contributed by atoms with Crippen molar-refractivity contribution in [2.75, 3.05) is 0 Å². The summed E-state index contributed by atoms with van der Waals surface area (Å²) in [5.74, 6) is -0.640. The molecule has 0 aliphatic carbocycles. The largest absolute Gasteiger partial charge is 0.417 e. The highest BCUT2D eigenvalue weighted by Crippen LogP contribution is 2.21. The van der Waals surface area contributed by atoms with Gasteiger partial charge in [0.15, 0.2) is 5.58 Å². The summed E-state index contributed by atoms with van der Waals surface area (Å²) in [6.07, 6.45) is 1.43. The highest BCUT2D eigenvalue weighted by atomic mass is 32.2. The van der Waals surface area contributed by atoms with Crippen molar-refractivity contribution in [2.45, 2.75) is 31.1 Å². The average molecular weight is 373 g/mol. The highest BCUT2D eigenvalue weighted by Gasteiger charge is 2.15. The lowest BCUT2D eigenvalue weighted by molar-refractivity contribution is 0.553. The van der Waals surface area contributed by atoms with Gasteiger partial charge in [0.25, 0.3) is 10.0 Å². The minimum atomic E-state index is -3.87. The first kappa shape index (κ1) is 17.9. The van der Waals surface area contributed by atoms with Crippen LogP contribution >= 0.6 is 0 Å². The van der Waals surface area contributed by atoms with Crippen LogP contribution < -0.4 is 10.6 Å². The maximum Gasteiger partial charge on any atom is 0.417 e. The minimum Gasteiger partial charge on any atom is -0.408 e. The number of H-pyrrole nitrogens is 1. The monoisotopic (exact) mass is 373 g/mol. The number of hydrogen-bond acceptors (Lipinski definition) is 5. The Morgan fingerprint density at radius 3 is 2.46 bits per heavy atom. The lowest BCUT2D eigenvalue weighted by atomic mass is 9.87. The molecule has 0 spiro atoms. The van der Waals surface area contributed by atoms with E-state index in [1.807, 2.05) is 24.3 Å². The van der Waals surface area contributed by atoms with Crippen LogP contribution in [0.15, 0.2) is 61.7 Å². The number of rotatable bonds is 4. The van der Waals surface area contributed by atoms with Crippen molar-refractivity contribution in [3.05, 3.63) is 64.1 Å². The molecule has 1 aromatic heterocycles. The van der Waals surface area contributed by atoms with Crippen molar-refractivity contribution >= 4 is 27.3 Å². The zero-order chi connectivity index (χ0) is 18.9. The van der Waals surface area contributed by atoms with Crippen molar-refractivity contribution in [1.82, 2.24) is 9.82 Å². The fourth-order valence-electron chi connectivity index (χ4n) is 2.39. The van der Waals surface area contributed by atoms with E-state index in [9.17, 15) is 13.2 Å². The topological polar surface area (TPSA) is 105 Å². The van der Waals surface area contributed by atoms with Gasteiger partial charge in [-0.2, -0.15) is 13.5 Å². The molecule has 0 amide bonds. The van der Waals surface area contributed by atoms with Crippen LogP contribution in [0.4, 0.5) is 0 Å². The van der Waals surface area contributed by atoms with Crippen LogP contribution in [0.1, 0.15) is 31.9 Å². The van der Waals surface area contributed by atoms with E-state index in [2.05, 4.69) is 35.7 Å². The van der Waals surface area contributed by atoms with Gasteiger partial charge in [-0.1, -0.05) is 45.0 Å². The minimum absolute atomic E-state index is 0.0448. The second kappa shape index (κ2) is 6.45. The molecule has 0 atom stereocenters. The fraction of sp³-hybridized carbons (Fsp3) is 0.222. The number of aromatic nitrogens is 1. The van der Waals surface area contributed by atoms with Gasteiger partial charge in [0, 0.05) is 6.07 Å². The summed E-state index contributed by atoms with van der Waals surface area (Å²) >= 11 is 0. The van der Waals surface area contributed by atoms with Gasteiger partial charge >= 0.3 is 5.76 Å². The normalized spacial score (nSPS) is 12.7. The molecular weight excluding hydrogens is 354 g/mol. The first-order chi connectivity index (χ1) is 12.1. The van der Waals surface area contributed by atoms with Crippen molar-refractivity contribution in [2.24, 2.45) is 5.10 Å². The van der Waals surface area contributed by atoms with Gasteiger partial charge in [0.2, 0.25) is 0 Å². The van der Waals surface area contributed by atoms with Crippen LogP contribution in [0.25, 0.3) is 11.1 Å². The lowest BCUT2D eigenvalue weighted by Gasteiger charge is -2.18. The van der Waals surface area contributed by atoms with Crippen LogP contribution in [0.5, 0.6) is 0 Å². The van der Waals surface area contributed by atoms with E-state index in [4.69, 9.17) is 4.42 Å². The summed E-state index contributed by atoms with van der Waals surface area (Å²) in [6, 6.07) is 11.8. The highest BCUT2D eigenvalue weighted by molar-refractivity contribution is 7.89. The zero-order valence-corrected chi connectivity index (χ0v) is 15.4. The molecule has 0 bridgehead atoms. The Morgan fingerprint density at radius 1 is 1.12 bits per heavy atom. The Morgan fingerprint density at radius 2 is 1.81 bits per heavy atom. The second-order valence-corrected chi connectivity index (χ2v) is 8.56. The maximum atomic E-state index is 12.3. The van der Waals surface area contributed by atoms with Gasteiger partial charge in [-0.15, -0.1) is 0 Å². The van der Waals surface area contributed by atoms with E-state index in [1.54, 1.807) is 0 Å². The quantitative estimate of drug-likeness (QED) is 0.542. The Kier molecular flexibility index (Phi) is 4.45. The molecule has 3 rings (SSSR count). The number of fused-ring (bicyclic) bond motifs is 1.